The van der Waals surface area contributed by atoms with Crippen LogP contribution < -0.4 is 0 Å². The molecule has 0 saturated heterocycles. The highest BCUT2D eigenvalue weighted by Crippen LogP contribution is 2.25. The molecule has 2 unspecified atom stereocenters. The molecule has 0 fully saturated rings. The maximum Gasteiger partial charge on any atom is 0.0226 e. The fraction of sp³-hybridized carbons (Fsp3) is 1.00. The summed E-state index contributed by atoms with van der Waals surface area (Å²) in [6.45, 7) is 0. The number of rotatable bonds is 13. The molecule has 0 N–H and O–H groups in total. The lowest BCUT2D eigenvalue weighted by molar-refractivity contribution is 0.927. The van der Waals surface area contributed by atoms with E-state index in [0.717, 1.165) is 39.8 Å². The van der Waals surface area contributed by atoms with E-state index in [9.17, 15) is 0 Å². The molecule has 0 aliphatic carbocycles. The van der Waals surface area contributed by atoms with Crippen molar-refractivity contribution in [3.8, 4) is 0 Å². The third-order valence-corrected chi connectivity index (χ3v) is 8.42. The average molecular weight is 381 g/mol. The van der Waals surface area contributed by atoms with Crippen LogP contribution in [0.5, 0.6) is 0 Å². The second kappa shape index (κ2) is 15.8. The summed E-state index contributed by atoms with van der Waals surface area (Å²) >= 11 is 23.4. The van der Waals surface area contributed by atoms with E-state index in [1.165, 1.54) is 17.9 Å². The van der Waals surface area contributed by atoms with Gasteiger partial charge in [-0.15, -0.1) is 0 Å². The first-order chi connectivity index (χ1) is 8.78. The highest BCUT2D eigenvalue weighted by molar-refractivity contribution is 8.05. The monoisotopic (exact) mass is 380 g/mol. The molecule has 110 valence electrons. The molecular weight excluding hydrogens is 357 g/mol. The highest BCUT2D eigenvalue weighted by atomic mass is 32.2. The SMILES string of the molecule is SCCSCC(CS)SCC(CCS)SCCS. The predicted molar refractivity (Wildman–Crippen MR) is 110 cm³/mol. The molecule has 0 aromatic heterocycles. The van der Waals surface area contributed by atoms with Crippen LogP contribution in [-0.4, -0.2) is 56.5 Å². The van der Waals surface area contributed by atoms with Gasteiger partial charge in [0, 0.05) is 39.3 Å². The smallest absolute Gasteiger partial charge is 0.0226 e. The van der Waals surface area contributed by atoms with Crippen molar-refractivity contribution >= 4 is 85.8 Å². The second-order valence-electron chi connectivity index (χ2n) is 3.67. The number of thiol groups is 4. The summed E-state index contributed by atoms with van der Waals surface area (Å²) in [6.07, 6.45) is 1.19. The molecule has 2 atom stereocenters. The summed E-state index contributed by atoms with van der Waals surface area (Å²) in [6, 6.07) is 0. The Labute approximate surface area is 147 Å². The Morgan fingerprint density at radius 1 is 0.722 bits per heavy atom. The van der Waals surface area contributed by atoms with Gasteiger partial charge in [-0.05, 0) is 23.7 Å². The van der Waals surface area contributed by atoms with Crippen molar-refractivity contribution < 1.29 is 0 Å². The first-order valence-corrected chi connectivity index (χ1v) is 11.8. The molecule has 0 aromatic rings. The average Bonchev–Trinajstić information content (AvgIpc) is 2.39. The van der Waals surface area contributed by atoms with Crippen LogP contribution >= 0.6 is 85.8 Å². The molecule has 0 spiro atoms. The Balaban J connectivity index is 3.81. The van der Waals surface area contributed by atoms with Gasteiger partial charge >= 0.3 is 0 Å². The van der Waals surface area contributed by atoms with Crippen molar-refractivity contribution in [2.75, 3.05) is 46.0 Å². The molecular formula is C11H24S7. The quantitative estimate of drug-likeness (QED) is 0.281. The molecule has 0 saturated carbocycles. The Bertz CT molecular complexity index is 167. The Kier molecular flexibility index (Phi) is 18.0. The fourth-order valence-electron chi connectivity index (χ4n) is 1.25. The van der Waals surface area contributed by atoms with E-state index in [0.29, 0.717) is 5.25 Å². The first-order valence-electron chi connectivity index (χ1n) is 6.02. The number of hydrogen-bond acceptors (Lipinski definition) is 7. The molecule has 18 heavy (non-hydrogen) atoms. The molecule has 7 heteroatoms. The van der Waals surface area contributed by atoms with Crippen molar-refractivity contribution in [3.05, 3.63) is 0 Å². The van der Waals surface area contributed by atoms with E-state index < -0.39 is 0 Å². The van der Waals surface area contributed by atoms with Crippen LogP contribution in [0.25, 0.3) is 0 Å². The molecule has 0 aliphatic heterocycles. The van der Waals surface area contributed by atoms with E-state index in [-0.39, 0.29) is 0 Å². The van der Waals surface area contributed by atoms with Gasteiger partial charge in [0.25, 0.3) is 0 Å². The third-order valence-electron chi connectivity index (χ3n) is 2.16. The Morgan fingerprint density at radius 2 is 1.44 bits per heavy atom. The van der Waals surface area contributed by atoms with Crippen molar-refractivity contribution in [2.24, 2.45) is 0 Å². The van der Waals surface area contributed by atoms with Gasteiger partial charge in [0.05, 0.1) is 0 Å². The van der Waals surface area contributed by atoms with E-state index in [1.807, 2.05) is 23.5 Å². The highest BCUT2D eigenvalue weighted by Gasteiger charge is 2.13. The van der Waals surface area contributed by atoms with Gasteiger partial charge in [-0.3, -0.25) is 0 Å². The standard InChI is InChI=1S/C11H24S7/c12-2-1-10(17-6-4-14)9-18-11(7-15)8-16-5-3-13/h10-15H,1-9H2. The maximum absolute atomic E-state index is 4.46. The van der Waals surface area contributed by atoms with Crippen LogP contribution in [0, 0.1) is 0 Å². The maximum atomic E-state index is 4.46. The van der Waals surface area contributed by atoms with Crippen molar-refractivity contribution in [3.63, 3.8) is 0 Å². The number of thioether (sulfide) groups is 3. The zero-order chi connectivity index (χ0) is 13.6. The number of hydrogen-bond donors (Lipinski definition) is 4. The largest absolute Gasteiger partial charge is 0.179 e. The van der Waals surface area contributed by atoms with Gasteiger partial charge in [0.1, 0.15) is 0 Å². The van der Waals surface area contributed by atoms with Gasteiger partial charge < -0.3 is 0 Å². The summed E-state index contributed by atoms with van der Waals surface area (Å²) < 4.78 is 0. The molecule has 0 heterocycles. The van der Waals surface area contributed by atoms with Gasteiger partial charge in [-0.25, -0.2) is 0 Å². The zero-order valence-electron chi connectivity index (χ0n) is 10.5. The minimum absolute atomic E-state index is 0.664. The van der Waals surface area contributed by atoms with Gasteiger partial charge in [-0.1, -0.05) is 0 Å². The molecule has 0 amide bonds. The van der Waals surface area contributed by atoms with Crippen LogP contribution in [0.15, 0.2) is 0 Å². The van der Waals surface area contributed by atoms with Crippen molar-refractivity contribution in [1.29, 1.82) is 0 Å². The molecule has 0 rings (SSSR count). The summed E-state index contributed by atoms with van der Waals surface area (Å²) in [5.41, 5.74) is 0. The van der Waals surface area contributed by atoms with Gasteiger partial charge in [0.2, 0.25) is 0 Å². The zero-order valence-corrected chi connectivity index (χ0v) is 16.6. The molecule has 0 nitrogen and oxygen atoms in total. The van der Waals surface area contributed by atoms with Crippen molar-refractivity contribution in [1.82, 2.24) is 0 Å². The van der Waals surface area contributed by atoms with Crippen LogP contribution in [0.3, 0.4) is 0 Å². The molecule has 0 radical (unpaired) electrons. The lowest BCUT2D eigenvalue weighted by Crippen LogP contribution is -2.16. The van der Waals surface area contributed by atoms with Crippen LogP contribution in [-0.2, 0) is 0 Å². The van der Waals surface area contributed by atoms with Crippen molar-refractivity contribution in [2.45, 2.75) is 16.9 Å². The predicted octanol–water partition coefficient (Wildman–Crippen LogP) is 4.03. The van der Waals surface area contributed by atoms with Crippen LogP contribution in [0.1, 0.15) is 6.42 Å². The van der Waals surface area contributed by atoms with Gasteiger partial charge in [-0.2, -0.15) is 85.8 Å². The van der Waals surface area contributed by atoms with E-state index in [2.05, 4.69) is 62.3 Å². The van der Waals surface area contributed by atoms with Crippen LogP contribution in [0.2, 0.25) is 0 Å². The van der Waals surface area contributed by atoms with Crippen LogP contribution in [0.4, 0.5) is 0 Å². The third kappa shape index (κ3) is 12.2. The van der Waals surface area contributed by atoms with Gasteiger partial charge in [0.15, 0.2) is 0 Å². The minimum atomic E-state index is 0.664. The first kappa shape index (κ1) is 20.5. The molecule has 0 aromatic carbocycles. The lowest BCUT2D eigenvalue weighted by atomic mass is 10.4. The summed E-state index contributed by atoms with van der Waals surface area (Å²) in [5, 5.41) is 1.38. The summed E-state index contributed by atoms with van der Waals surface area (Å²) in [4.78, 5) is 0. The summed E-state index contributed by atoms with van der Waals surface area (Å²) in [7, 11) is 0. The Hall–Kier alpha value is 2.45. The minimum Gasteiger partial charge on any atom is -0.179 e. The topological polar surface area (TPSA) is 0 Å². The molecule has 0 bridgehead atoms. The molecule has 0 aliphatic rings. The second-order valence-corrected chi connectivity index (χ2v) is 9.26. The fourth-order valence-corrected chi connectivity index (χ4v) is 6.52. The van der Waals surface area contributed by atoms with E-state index >= 15 is 0 Å². The van der Waals surface area contributed by atoms with E-state index in [1.54, 1.807) is 0 Å². The normalized spacial score (nSPS) is 14.7. The Morgan fingerprint density at radius 3 is 2.00 bits per heavy atom. The summed E-state index contributed by atoms with van der Waals surface area (Å²) in [5.74, 6) is 8.57. The van der Waals surface area contributed by atoms with E-state index in [4.69, 9.17) is 0 Å². The lowest BCUT2D eigenvalue weighted by Gasteiger charge is -2.19.